The fraction of sp³-hybridized carbons (Fsp3) is 0.0667. The molecule has 0 radical (unpaired) electrons. The van der Waals surface area contributed by atoms with E-state index in [4.69, 9.17) is 23.2 Å². The van der Waals surface area contributed by atoms with Gasteiger partial charge in [-0.2, -0.15) is 0 Å². The van der Waals surface area contributed by atoms with Crippen LogP contribution in [0.1, 0.15) is 0 Å². The first-order chi connectivity index (χ1) is 9.70. The summed E-state index contributed by atoms with van der Waals surface area (Å²) in [5, 5.41) is 4.27. The number of aromatic nitrogens is 2. The molecule has 0 amide bonds. The summed E-state index contributed by atoms with van der Waals surface area (Å²) in [5.41, 5.74) is 2.97. The molecule has 0 aliphatic carbocycles. The molecule has 0 atom stereocenters. The molecule has 2 aromatic carbocycles. The molecule has 0 saturated carbocycles. The molecule has 3 aromatic rings. The Bertz CT molecular complexity index is 787. The number of hydrogen-bond donors (Lipinski definition) is 1. The van der Waals surface area contributed by atoms with Crippen molar-refractivity contribution in [3.05, 3.63) is 52.5 Å². The Morgan fingerprint density at radius 2 is 1.65 bits per heavy atom. The van der Waals surface area contributed by atoms with Crippen LogP contribution in [-0.2, 0) is 0 Å². The highest BCUT2D eigenvalue weighted by Crippen LogP contribution is 2.33. The highest BCUT2D eigenvalue weighted by Gasteiger charge is 2.13. The molecule has 0 fully saturated rings. The quantitative estimate of drug-likeness (QED) is 0.749. The standard InChI is InChI=1S/C15H11Cl2N3/c1-18-15-13(9-5-2-3-6-10(9)16)19-12-8-4-7-11(17)14(12)20-15/h2-8H,1H3,(H,18,20). The van der Waals surface area contributed by atoms with E-state index in [-0.39, 0.29) is 0 Å². The Morgan fingerprint density at radius 1 is 0.900 bits per heavy atom. The van der Waals surface area contributed by atoms with Gasteiger partial charge in [-0.25, -0.2) is 9.97 Å². The molecule has 1 heterocycles. The zero-order valence-electron chi connectivity index (χ0n) is 10.7. The molecule has 3 rings (SSSR count). The first kappa shape index (κ1) is 13.2. The maximum atomic E-state index is 6.25. The number of para-hydroxylation sites is 1. The van der Waals surface area contributed by atoms with Crippen LogP contribution in [0.3, 0.4) is 0 Å². The summed E-state index contributed by atoms with van der Waals surface area (Å²) in [6.07, 6.45) is 0. The minimum atomic E-state index is 0.581. The van der Waals surface area contributed by atoms with Crippen molar-refractivity contribution in [1.29, 1.82) is 0 Å². The predicted molar refractivity (Wildman–Crippen MR) is 84.5 cm³/mol. The van der Waals surface area contributed by atoms with E-state index in [1.165, 1.54) is 0 Å². The van der Waals surface area contributed by atoms with Gasteiger partial charge in [-0.1, -0.05) is 47.5 Å². The van der Waals surface area contributed by atoms with Crippen LogP contribution in [0.2, 0.25) is 10.0 Å². The third-order valence-corrected chi connectivity index (χ3v) is 3.65. The molecule has 20 heavy (non-hydrogen) atoms. The first-order valence-electron chi connectivity index (χ1n) is 6.09. The van der Waals surface area contributed by atoms with E-state index >= 15 is 0 Å². The minimum Gasteiger partial charge on any atom is -0.371 e. The number of fused-ring (bicyclic) bond motifs is 1. The lowest BCUT2D eigenvalue weighted by Gasteiger charge is -2.11. The lowest BCUT2D eigenvalue weighted by atomic mass is 10.1. The number of benzene rings is 2. The maximum Gasteiger partial charge on any atom is 0.153 e. The van der Waals surface area contributed by atoms with Gasteiger partial charge in [-0.3, -0.25) is 0 Å². The van der Waals surface area contributed by atoms with E-state index in [1.54, 1.807) is 13.1 Å². The smallest absolute Gasteiger partial charge is 0.153 e. The summed E-state index contributed by atoms with van der Waals surface area (Å²) in [6.45, 7) is 0. The van der Waals surface area contributed by atoms with Crippen molar-refractivity contribution >= 4 is 40.1 Å². The summed E-state index contributed by atoms with van der Waals surface area (Å²) in [6, 6.07) is 13.1. The average molecular weight is 304 g/mol. The molecule has 0 aliphatic heterocycles. The van der Waals surface area contributed by atoms with Gasteiger partial charge in [0.1, 0.15) is 11.2 Å². The zero-order chi connectivity index (χ0) is 14.1. The molecular formula is C15H11Cl2N3. The summed E-state index contributed by atoms with van der Waals surface area (Å²) < 4.78 is 0. The van der Waals surface area contributed by atoms with Gasteiger partial charge in [0.15, 0.2) is 5.82 Å². The van der Waals surface area contributed by atoms with Gasteiger partial charge >= 0.3 is 0 Å². The van der Waals surface area contributed by atoms with Gasteiger partial charge in [0, 0.05) is 12.6 Å². The second-order valence-electron chi connectivity index (χ2n) is 4.26. The molecule has 3 nitrogen and oxygen atoms in total. The van der Waals surface area contributed by atoms with Crippen LogP contribution >= 0.6 is 23.2 Å². The Balaban J connectivity index is 2.33. The normalized spacial score (nSPS) is 10.8. The van der Waals surface area contributed by atoms with Crippen LogP contribution < -0.4 is 5.32 Å². The molecule has 1 N–H and O–H groups in total. The molecule has 0 bridgehead atoms. The van der Waals surface area contributed by atoms with E-state index in [9.17, 15) is 0 Å². The van der Waals surface area contributed by atoms with Crippen molar-refractivity contribution in [2.45, 2.75) is 0 Å². The first-order valence-corrected chi connectivity index (χ1v) is 6.85. The molecule has 0 spiro atoms. The van der Waals surface area contributed by atoms with Crippen LogP contribution in [0, 0.1) is 0 Å². The molecular weight excluding hydrogens is 293 g/mol. The Labute approximate surface area is 126 Å². The Hall–Kier alpha value is -1.84. The molecule has 100 valence electrons. The summed E-state index contributed by atoms with van der Waals surface area (Å²) in [4.78, 5) is 9.19. The van der Waals surface area contributed by atoms with Crippen molar-refractivity contribution in [2.24, 2.45) is 0 Å². The van der Waals surface area contributed by atoms with Crippen molar-refractivity contribution in [3.63, 3.8) is 0 Å². The van der Waals surface area contributed by atoms with E-state index in [0.717, 1.165) is 11.1 Å². The third-order valence-electron chi connectivity index (χ3n) is 3.01. The number of halogens is 2. The largest absolute Gasteiger partial charge is 0.371 e. The summed E-state index contributed by atoms with van der Waals surface area (Å²) >= 11 is 12.4. The molecule has 0 aliphatic rings. The average Bonchev–Trinajstić information content (AvgIpc) is 2.47. The maximum absolute atomic E-state index is 6.25. The molecule has 5 heteroatoms. The van der Waals surface area contributed by atoms with E-state index in [1.807, 2.05) is 36.4 Å². The van der Waals surface area contributed by atoms with Gasteiger partial charge in [-0.15, -0.1) is 0 Å². The fourth-order valence-corrected chi connectivity index (χ4v) is 2.50. The van der Waals surface area contributed by atoms with Crippen LogP contribution in [-0.4, -0.2) is 17.0 Å². The molecule has 0 unspecified atom stereocenters. The van der Waals surface area contributed by atoms with Gasteiger partial charge in [-0.05, 0) is 18.2 Å². The third kappa shape index (κ3) is 2.19. The Kier molecular flexibility index (Phi) is 3.47. The number of hydrogen-bond acceptors (Lipinski definition) is 3. The van der Waals surface area contributed by atoms with Crippen LogP contribution in [0.5, 0.6) is 0 Å². The van der Waals surface area contributed by atoms with Crippen molar-refractivity contribution in [1.82, 2.24) is 9.97 Å². The van der Waals surface area contributed by atoms with E-state index in [0.29, 0.717) is 27.1 Å². The lowest BCUT2D eigenvalue weighted by Crippen LogP contribution is -2.00. The monoisotopic (exact) mass is 303 g/mol. The van der Waals surface area contributed by atoms with Crippen molar-refractivity contribution < 1.29 is 0 Å². The van der Waals surface area contributed by atoms with Crippen LogP contribution in [0.25, 0.3) is 22.3 Å². The van der Waals surface area contributed by atoms with Crippen LogP contribution in [0.4, 0.5) is 5.82 Å². The highest BCUT2D eigenvalue weighted by molar-refractivity contribution is 6.35. The predicted octanol–water partition coefficient (Wildman–Crippen LogP) is 4.65. The Morgan fingerprint density at radius 3 is 2.40 bits per heavy atom. The number of nitrogens with zero attached hydrogens (tertiary/aromatic N) is 2. The minimum absolute atomic E-state index is 0.581. The molecule has 0 saturated heterocycles. The zero-order valence-corrected chi connectivity index (χ0v) is 12.2. The highest BCUT2D eigenvalue weighted by atomic mass is 35.5. The SMILES string of the molecule is CNc1nc2c(Cl)cccc2nc1-c1ccccc1Cl. The van der Waals surface area contributed by atoms with E-state index < -0.39 is 0 Å². The molecule has 1 aromatic heterocycles. The topological polar surface area (TPSA) is 37.8 Å². The van der Waals surface area contributed by atoms with Gasteiger partial charge in [0.25, 0.3) is 0 Å². The van der Waals surface area contributed by atoms with Crippen LogP contribution in [0.15, 0.2) is 42.5 Å². The van der Waals surface area contributed by atoms with Crippen molar-refractivity contribution in [3.8, 4) is 11.3 Å². The fourth-order valence-electron chi connectivity index (χ4n) is 2.06. The summed E-state index contributed by atoms with van der Waals surface area (Å²) in [7, 11) is 1.80. The second kappa shape index (κ2) is 5.27. The second-order valence-corrected chi connectivity index (χ2v) is 5.07. The van der Waals surface area contributed by atoms with Gasteiger partial charge in [0.05, 0.1) is 15.6 Å². The van der Waals surface area contributed by atoms with E-state index in [2.05, 4.69) is 15.3 Å². The lowest BCUT2D eigenvalue weighted by molar-refractivity contribution is 1.26. The van der Waals surface area contributed by atoms with Gasteiger partial charge in [0.2, 0.25) is 0 Å². The van der Waals surface area contributed by atoms with Crippen molar-refractivity contribution in [2.75, 3.05) is 12.4 Å². The summed E-state index contributed by atoms with van der Waals surface area (Å²) in [5.74, 6) is 0.652. The number of anilines is 1. The number of nitrogens with one attached hydrogen (secondary N) is 1. The van der Waals surface area contributed by atoms with Gasteiger partial charge < -0.3 is 5.32 Å². The number of rotatable bonds is 2.